The van der Waals surface area contributed by atoms with Gasteiger partial charge in [-0.15, -0.1) is 0 Å². The molecule has 3 aromatic rings. The highest BCUT2D eigenvalue weighted by molar-refractivity contribution is 5.45. The normalized spacial score (nSPS) is 11.1. The summed E-state index contributed by atoms with van der Waals surface area (Å²) >= 11 is 0. The van der Waals surface area contributed by atoms with Gasteiger partial charge in [-0.25, -0.2) is 4.98 Å². The molecule has 7 heteroatoms. The third-order valence-electron chi connectivity index (χ3n) is 3.15. The standard InChI is InChI=1S/C13H17N7/c1-3-11-6-12(20-13(18-11)15-9-17-20)14-5-4-10-7-16-19(2)8-10/h6-9,14H,3-5H2,1-2H3. The molecule has 104 valence electrons. The Hall–Kier alpha value is -2.44. The SMILES string of the molecule is CCc1cc(NCCc2cnn(C)c2)n2ncnc2n1. The van der Waals surface area contributed by atoms with Crippen LogP contribution in [-0.2, 0) is 19.9 Å². The first kappa shape index (κ1) is 12.6. The van der Waals surface area contributed by atoms with E-state index in [0.29, 0.717) is 5.78 Å². The maximum atomic E-state index is 4.42. The molecule has 1 N–H and O–H groups in total. The zero-order valence-corrected chi connectivity index (χ0v) is 11.6. The highest BCUT2D eigenvalue weighted by atomic mass is 15.3. The summed E-state index contributed by atoms with van der Waals surface area (Å²) in [7, 11) is 1.92. The first-order chi connectivity index (χ1) is 9.76. The molecule has 0 atom stereocenters. The van der Waals surface area contributed by atoms with Crippen LogP contribution < -0.4 is 5.32 Å². The predicted molar refractivity (Wildman–Crippen MR) is 75.6 cm³/mol. The zero-order chi connectivity index (χ0) is 13.9. The van der Waals surface area contributed by atoms with E-state index < -0.39 is 0 Å². The molecule has 3 aromatic heterocycles. The van der Waals surface area contributed by atoms with E-state index in [1.807, 2.05) is 30.2 Å². The van der Waals surface area contributed by atoms with Crippen molar-refractivity contribution in [3.63, 3.8) is 0 Å². The van der Waals surface area contributed by atoms with Crippen LogP contribution in [-0.4, -0.2) is 35.9 Å². The van der Waals surface area contributed by atoms with E-state index in [1.165, 1.54) is 11.9 Å². The predicted octanol–water partition coefficient (Wildman–Crippen LogP) is 1.07. The van der Waals surface area contributed by atoms with E-state index >= 15 is 0 Å². The average molecular weight is 271 g/mol. The molecule has 0 radical (unpaired) electrons. The number of aromatic nitrogens is 6. The fourth-order valence-corrected chi connectivity index (χ4v) is 2.10. The van der Waals surface area contributed by atoms with Crippen LogP contribution in [0.25, 0.3) is 5.78 Å². The zero-order valence-electron chi connectivity index (χ0n) is 11.6. The van der Waals surface area contributed by atoms with Gasteiger partial charge in [0.25, 0.3) is 5.78 Å². The van der Waals surface area contributed by atoms with Gasteiger partial charge < -0.3 is 5.32 Å². The van der Waals surface area contributed by atoms with E-state index in [2.05, 4.69) is 32.4 Å². The number of hydrogen-bond acceptors (Lipinski definition) is 5. The van der Waals surface area contributed by atoms with Crippen molar-refractivity contribution < 1.29 is 0 Å². The number of rotatable bonds is 5. The molecule has 0 unspecified atom stereocenters. The second-order valence-corrected chi connectivity index (χ2v) is 4.66. The van der Waals surface area contributed by atoms with Crippen molar-refractivity contribution in [1.29, 1.82) is 0 Å². The first-order valence-electron chi connectivity index (χ1n) is 6.67. The fourth-order valence-electron chi connectivity index (χ4n) is 2.10. The van der Waals surface area contributed by atoms with E-state index in [0.717, 1.165) is 30.9 Å². The molecule has 0 saturated carbocycles. The smallest absolute Gasteiger partial charge is 0.254 e. The van der Waals surface area contributed by atoms with Crippen LogP contribution in [0.4, 0.5) is 5.82 Å². The molecule has 3 rings (SSSR count). The van der Waals surface area contributed by atoms with Crippen LogP contribution >= 0.6 is 0 Å². The number of nitrogens with one attached hydrogen (secondary N) is 1. The Labute approximate surface area is 116 Å². The van der Waals surface area contributed by atoms with Gasteiger partial charge in [0.05, 0.1) is 6.20 Å². The second kappa shape index (κ2) is 5.28. The third-order valence-corrected chi connectivity index (χ3v) is 3.15. The lowest BCUT2D eigenvalue weighted by Crippen LogP contribution is -2.10. The molecule has 0 amide bonds. The summed E-state index contributed by atoms with van der Waals surface area (Å²) in [6.07, 6.45) is 7.22. The summed E-state index contributed by atoms with van der Waals surface area (Å²) in [6, 6.07) is 2.02. The Bertz CT molecular complexity index is 712. The molecule has 0 aliphatic carbocycles. The summed E-state index contributed by atoms with van der Waals surface area (Å²) < 4.78 is 3.54. The number of anilines is 1. The molecular weight excluding hydrogens is 254 g/mol. The molecule has 7 nitrogen and oxygen atoms in total. The average Bonchev–Trinajstić information content (AvgIpc) is 3.07. The number of hydrogen-bond donors (Lipinski definition) is 1. The summed E-state index contributed by atoms with van der Waals surface area (Å²) in [5.41, 5.74) is 2.22. The Kier molecular flexibility index (Phi) is 3.32. The summed E-state index contributed by atoms with van der Waals surface area (Å²) in [5, 5.41) is 11.7. The van der Waals surface area contributed by atoms with Gasteiger partial charge in [0, 0.05) is 31.5 Å². The molecule has 0 spiro atoms. The van der Waals surface area contributed by atoms with Crippen molar-refractivity contribution in [1.82, 2.24) is 29.4 Å². The van der Waals surface area contributed by atoms with E-state index in [9.17, 15) is 0 Å². The first-order valence-corrected chi connectivity index (χ1v) is 6.67. The number of aryl methyl sites for hydroxylation is 2. The van der Waals surface area contributed by atoms with Crippen LogP contribution in [0.1, 0.15) is 18.2 Å². The largest absolute Gasteiger partial charge is 0.370 e. The molecule has 20 heavy (non-hydrogen) atoms. The van der Waals surface area contributed by atoms with Crippen LogP contribution in [0.2, 0.25) is 0 Å². The number of nitrogens with zero attached hydrogens (tertiary/aromatic N) is 6. The van der Waals surface area contributed by atoms with Gasteiger partial charge in [0.1, 0.15) is 12.1 Å². The van der Waals surface area contributed by atoms with Gasteiger partial charge in [0.15, 0.2) is 0 Å². The molecule has 0 bridgehead atoms. The van der Waals surface area contributed by atoms with Crippen LogP contribution in [0, 0.1) is 0 Å². The van der Waals surface area contributed by atoms with Gasteiger partial charge in [-0.1, -0.05) is 6.92 Å². The maximum absolute atomic E-state index is 4.42. The molecule has 0 aliphatic heterocycles. The van der Waals surface area contributed by atoms with Gasteiger partial charge >= 0.3 is 0 Å². The van der Waals surface area contributed by atoms with Crippen LogP contribution in [0.3, 0.4) is 0 Å². The van der Waals surface area contributed by atoms with Crippen molar-refractivity contribution in [3.05, 3.63) is 36.0 Å². The quantitative estimate of drug-likeness (QED) is 0.751. The Morgan fingerprint density at radius 3 is 2.95 bits per heavy atom. The molecule has 0 aromatic carbocycles. The van der Waals surface area contributed by atoms with Crippen LogP contribution in [0.5, 0.6) is 0 Å². The molecule has 0 aliphatic rings. The van der Waals surface area contributed by atoms with E-state index in [-0.39, 0.29) is 0 Å². The van der Waals surface area contributed by atoms with Crippen molar-refractivity contribution >= 4 is 11.6 Å². The minimum Gasteiger partial charge on any atom is -0.370 e. The van der Waals surface area contributed by atoms with Crippen molar-refractivity contribution in [2.24, 2.45) is 7.05 Å². The van der Waals surface area contributed by atoms with Crippen molar-refractivity contribution in [2.45, 2.75) is 19.8 Å². The third kappa shape index (κ3) is 2.47. The highest BCUT2D eigenvalue weighted by Gasteiger charge is 2.06. The van der Waals surface area contributed by atoms with E-state index in [1.54, 1.807) is 4.52 Å². The summed E-state index contributed by atoms with van der Waals surface area (Å²) in [4.78, 5) is 8.56. The molecule has 3 heterocycles. The lowest BCUT2D eigenvalue weighted by atomic mass is 10.2. The van der Waals surface area contributed by atoms with Crippen molar-refractivity contribution in [3.8, 4) is 0 Å². The van der Waals surface area contributed by atoms with Gasteiger partial charge in [-0.3, -0.25) is 4.68 Å². The monoisotopic (exact) mass is 271 g/mol. The minimum atomic E-state index is 0.633. The Morgan fingerprint density at radius 2 is 2.20 bits per heavy atom. The highest BCUT2D eigenvalue weighted by Crippen LogP contribution is 2.11. The summed E-state index contributed by atoms with van der Waals surface area (Å²) in [6.45, 7) is 2.89. The fraction of sp³-hybridized carbons (Fsp3) is 0.385. The summed E-state index contributed by atoms with van der Waals surface area (Å²) in [5.74, 6) is 1.56. The molecule has 0 saturated heterocycles. The topological polar surface area (TPSA) is 72.9 Å². The number of fused-ring (bicyclic) bond motifs is 1. The molecular formula is C13H17N7. The van der Waals surface area contributed by atoms with E-state index in [4.69, 9.17) is 0 Å². The minimum absolute atomic E-state index is 0.633. The van der Waals surface area contributed by atoms with Crippen LogP contribution in [0.15, 0.2) is 24.8 Å². The lowest BCUT2D eigenvalue weighted by molar-refractivity contribution is 0.766. The van der Waals surface area contributed by atoms with Crippen molar-refractivity contribution in [2.75, 3.05) is 11.9 Å². The van der Waals surface area contributed by atoms with Gasteiger partial charge in [-0.05, 0) is 18.4 Å². The van der Waals surface area contributed by atoms with Gasteiger partial charge in [-0.2, -0.15) is 19.7 Å². The maximum Gasteiger partial charge on any atom is 0.254 e. The lowest BCUT2D eigenvalue weighted by Gasteiger charge is -2.08. The second-order valence-electron chi connectivity index (χ2n) is 4.66. The Balaban J connectivity index is 1.74. The van der Waals surface area contributed by atoms with Gasteiger partial charge in [0.2, 0.25) is 0 Å². The Morgan fingerprint density at radius 1 is 1.30 bits per heavy atom. The molecule has 0 fully saturated rings.